The Morgan fingerprint density at radius 1 is 0.925 bits per heavy atom. The summed E-state index contributed by atoms with van der Waals surface area (Å²) in [5, 5.41) is 3.30. The summed E-state index contributed by atoms with van der Waals surface area (Å²) in [4.78, 5) is 28.4. The lowest BCUT2D eigenvalue weighted by Gasteiger charge is -2.32. The summed E-state index contributed by atoms with van der Waals surface area (Å²) in [6.07, 6.45) is 0. The number of carbonyl (C=O) groups is 2. The van der Waals surface area contributed by atoms with E-state index < -0.39 is 28.5 Å². The van der Waals surface area contributed by atoms with Crippen LogP contribution in [-0.2, 0) is 26.2 Å². The number of nitrogens with zero attached hydrogens (tertiary/aromatic N) is 2. The zero-order chi connectivity index (χ0) is 29.6. The third kappa shape index (κ3) is 8.46. The topological polar surface area (TPSA) is 86.8 Å². The molecule has 0 radical (unpaired) electrons. The molecule has 0 spiro atoms. The Morgan fingerprint density at radius 3 is 2.05 bits per heavy atom. The summed E-state index contributed by atoms with van der Waals surface area (Å²) in [5.74, 6) is -0.686. The van der Waals surface area contributed by atoms with Crippen molar-refractivity contribution < 1.29 is 18.0 Å². The minimum absolute atomic E-state index is 0.00387. The van der Waals surface area contributed by atoms with Crippen molar-refractivity contribution in [3.05, 3.63) is 92.4 Å². The minimum atomic E-state index is -4.22. The lowest BCUT2D eigenvalue weighted by Crippen LogP contribution is -2.51. The van der Waals surface area contributed by atoms with Gasteiger partial charge >= 0.3 is 0 Å². The van der Waals surface area contributed by atoms with Crippen molar-refractivity contribution in [3.63, 3.8) is 0 Å². The fraction of sp³-hybridized carbons (Fsp3) is 0.310. The van der Waals surface area contributed by atoms with Gasteiger partial charge < -0.3 is 10.2 Å². The molecule has 0 saturated carbocycles. The van der Waals surface area contributed by atoms with Crippen molar-refractivity contribution >= 4 is 66.7 Å². The summed E-state index contributed by atoms with van der Waals surface area (Å²) in [6, 6.07) is 17.1. The number of hydrogen-bond acceptors (Lipinski definition) is 4. The number of carbonyl (C=O) groups excluding carboxylic acids is 2. The number of anilines is 1. The molecule has 7 nitrogen and oxygen atoms in total. The van der Waals surface area contributed by atoms with E-state index in [1.807, 2.05) is 45.0 Å². The summed E-state index contributed by atoms with van der Waals surface area (Å²) in [6.45, 7) is 7.38. The molecule has 11 heteroatoms. The molecule has 1 unspecified atom stereocenters. The van der Waals surface area contributed by atoms with Gasteiger partial charge in [-0.2, -0.15) is 0 Å². The zero-order valence-electron chi connectivity index (χ0n) is 22.7. The fourth-order valence-electron chi connectivity index (χ4n) is 3.87. The van der Waals surface area contributed by atoms with Gasteiger partial charge in [-0.25, -0.2) is 8.42 Å². The van der Waals surface area contributed by atoms with E-state index in [2.05, 4.69) is 21.2 Å². The number of halogens is 3. The van der Waals surface area contributed by atoms with Crippen molar-refractivity contribution in [3.8, 4) is 0 Å². The van der Waals surface area contributed by atoms with Gasteiger partial charge in [0.05, 0.1) is 10.6 Å². The Bertz CT molecular complexity index is 1430. The van der Waals surface area contributed by atoms with Crippen LogP contribution >= 0.6 is 39.1 Å². The van der Waals surface area contributed by atoms with Crippen molar-refractivity contribution in [1.29, 1.82) is 0 Å². The number of hydrogen-bond donors (Lipinski definition) is 1. The second-order valence-electron chi connectivity index (χ2n) is 9.92. The van der Waals surface area contributed by atoms with Crippen LogP contribution < -0.4 is 9.62 Å². The largest absolute Gasteiger partial charge is 0.354 e. The van der Waals surface area contributed by atoms with Gasteiger partial charge in [0.25, 0.3) is 10.0 Å². The molecule has 3 aromatic rings. The van der Waals surface area contributed by atoms with E-state index in [1.165, 1.54) is 35.2 Å². The fourth-order valence-corrected chi connectivity index (χ4v) is 6.05. The Morgan fingerprint density at radius 2 is 1.50 bits per heavy atom. The second kappa shape index (κ2) is 13.9. The normalized spacial score (nSPS) is 12.2. The molecule has 2 amide bonds. The maximum absolute atomic E-state index is 13.9. The monoisotopic (exact) mass is 667 g/mol. The van der Waals surface area contributed by atoms with Crippen molar-refractivity contribution in [2.45, 2.75) is 45.2 Å². The first kappa shape index (κ1) is 31.9. The average Bonchev–Trinajstić information content (AvgIpc) is 2.89. The van der Waals surface area contributed by atoms with E-state index in [0.29, 0.717) is 6.54 Å². The number of nitrogens with one attached hydrogen (secondary N) is 1. The van der Waals surface area contributed by atoms with Crippen molar-refractivity contribution in [1.82, 2.24) is 10.2 Å². The van der Waals surface area contributed by atoms with Gasteiger partial charge in [-0.15, -0.1) is 0 Å². The van der Waals surface area contributed by atoms with E-state index in [-0.39, 0.29) is 39.0 Å². The van der Waals surface area contributed by atoms with Crippen LogP contribution in [0.1, 0.15) is 31.9 Å². The van der Waals surface area contributed by atoms with Crippen LogP contribution in [-0.4, -0.2) is 44.3 Å². The standard InChI is InChI=1S/C29H32BrCl2N3O4S/c1-19(2)16-33-29(37)21(4)34(17-22-7-9-23(30)10-8-22)28(36)18-35(26-14-24(31)13-25(32)15-26)40(38,39)27-11-5-20(3)6-12-27/h5-15,19,21H,16-18H2,1-4H3,(H,33,37). The van der Waals surface area contributed by atoms with E-state index in [1.54, 1.807) is 19.1 Å². The zero-order valence-corrected chi connectivity index (χ0v) is 26.6. The van der Waals surface area contributed by atoms with Gasteiger partial charge in [-0.05, 0) is 67.8 Å². The van der Waals surface area contributed by atoms with Crippen LogP contribution in [0.5, 0.6) is 0 Å². The molecular weight excluding hydrogens is 637 g/mol. The highest BCUT2D eigenvalue weighted by atomic mass is 79.9. The van der Waals surface area contributed by atoms with Gasteiger partial charge in [0.15, 0.2) is 0 Å². The molecule has 0 fully saturated rings. The molecule has 0 saturated heterocycles. The highest BCUT2D eigenvalue weighted by Gasteiger charge is 2.33. The molecule has 40 heavy (non-hydrogen) atoms. The lowest BCUT2D eigenvalue weighted by atomic mass is 10.1. The third-order valence-electron chi connectivity index (χ3n) is 6.14. The first-order chi connectivity index (χ1) is 18.8. The molecule has 3 rings (SSSR count). The molecule has 1 atom stereocenters. The molecule has 0 aromatic heterocycles. The van der Waals surface area contributed by atoms with Crippen molar-refractivity contribution in [2.75, 3.05) is 17.4 Å². The van der Waals surface area contributed by atoms with Gasteiger partial charge in [-0.3, -0.25) is 13.9 Å². The van der Waals surface area contributed by atoms with E-state index >= 15 is 0 Å². The summed E-state index contributed by atoms with van der Waals surface area (Å²) < 4.78 is 29.6. The van der Waals surface area contributed by atoms with Gasteiger partial charge in [0.1, 0.15) is 12.6 Å². The van der Waals surface area contributed by atoms with E-state index in [4.69, 9.17) is 23.2 Å². The average molecular weight is 669 g/mol. The second-order valence-corrected chi connectivity index (χ2v) is 13.6. The summed E-state index contributed by atoms with van der Waals surface area (Å²) >= 11 is 15.9. The summed E-state index contributed by atoms with van der Waals surface area (Å²) in [5.41, 5.74) is 1.79. The predicted octanol–water partition coefficient (Wildman–Crippen LogP) is 6.45. The predicted molar refractivity (Wildman–Crippen MR) is 164 cm³/mol. The first-order valence-electron chi connectivity index (χ1n) is 12.6. The smallest absolute Gasteiger partial charge is 0.264 e. The Labute approximate surface area is 254 Å². The van der Waals surface area contributed by atoms with Gasteiger partial charge in [0.2, 0.25) is 11.8 Å². The first-order valence-corrected chi connectivity index (χ1v) is 15.6. The number of rotatable bonds is 11. The van der Waals surface area contributed by atoms with Gasteiger partial charge in [-0.1, -0.05) is 82.8 Å². The molecule has 0 bridgehead atoms. The number of sulfonamides is 1. The van der Waals surface area contributed by atoms with E-state index in [9.17, 15) is 18.0 Å². The minimum Gasteiger partial charge on any atom is -0.354 e. The third-order valence-corrected chi connectivity index (χ3v) is 8.89. The highest BCUT2D eigenvalue weighted by Crippen LogP contribution is 2.30. The molecule has 0 aliphatic heterocycles. The SMILES string of the molecule is Cc1ccc(S(=O)(=O)N(CC(=O)N(Cc2ccc(Br)cc2)C(C)C(=O)NCC(C)C)c2cc(Cl)cc(Cl)c2)cc1. The Hall–Kier alpha value is -2.59. The van der Waals surface area contributed by atoms with Crippen molar-refractivity contribution in [2.24, 2.45) is 5.92 Å². The van der Waals surface area contributed by atoms with Crippen LogP contribution in [0, 0.1) is 12.8 Å². The maximum atomic E-state index is 13.9. The molecule has 1 N–H and O–H groups in total. The lowest BCUT2D eigenvalue weighted by molar-refractivity contribution is -0.139. The summed E-state index contributed by atoms with van der Waals surface area (Å²) in [7, 11) is -4.22. The molecule has 0 aliphatic rings. The van der Waals surface area contributed by atoms with Crippen LogP contribution in [0.4, 0.5) is 5.69 Å². The van der Waals surface area contributed by atoms with Crippen LogP contribution in [0.2, 0.25) is 10.0 Å². The number of aryl methyl sites for hydroxylation is 1. The highest BCUT2D eigenvalue weighted by molar-refractivity contribution is 9.10. The maximum Gasteiger partial charge on any atom is 0.264 e. The Kier molecular flexibility index (Phi) is 11.1. The van der Waals surface area contributed by atoms with Crippen LogP contribution in [0.25, 0.3) is 0 Å². The van der Waals surface area contributed by atoms with Crippen LogP contribution in [0.15, 0.2) is 76.1 Å². The molecular formula is C29H32BrCl2N3O4S. The Balaban J connectivity index is 2.04. The van der Waals surface area contributed by atoms with Gasteiger partial charge in [0, 0.05) is 27.6 Å². The molecule has 214 valence electrons. The molecule has 0 aliphatic carbocycles. The quantitative estimate of drug-likeness (QED) is 0.255. The number of amides is 2. The van der Waals surface area contributed by atoms with Crippen LogP contribution in [0.3, 0.4) is 0 Å². The van der Waals surface area contributed by atoms with E-state index in [0.717, 1.165) is 19.9 Å². The number of benzene rings is 3. The molecule has 0 heterocycles. The molecule has 3 aromatic carbocycles.